The van der Waals surface area contributed by atoms with Gasteiger partial charge in [-0.15, -0.1) is 0 Å². The highest BCUT2D eigenvalue weighted by atomic mass is 32.2. The number of hydrogen-bond acceptors (Lipinski definition) is 4. The smallest absolute Gasteiger partial charge is 0.320 e. The molecule has 5 nitrogen and oxygen atoms in total. The largest absolute Gasteiger partial charge is 0.480 e. The van der Waals surface area contributed by atoms with Gasteiger partial charge in [-0.3, -0.25) is 9.59 Å². The summed E-state index contributed by atoms with van der Waals surface area (Å²) in [7, 11) is 0. The van der Waals surface area contributed by atoms with Gasteiger partial charge >= 0.3 is 5.97 Å². The van der Waals surface area contributed by atoms with Gasteiger partial charge in [0, 0.05) is 5.69 Å². The van der Waals surface area contributed by atoms with Gasteiger partial charge < -0.3 is 16.2 Å². The Morgan fingerprint density at radius 3 is 2.75 bits per heavy atom. The summed E-state index contributed by atoms with van der Waals surface area (Å²) in [6.07, 6.45) is 0.358. The van der Waals surface area contributed by atoms with Crippen LogP contribution in [0.25, 0.3) is 0 Å². The minimum Gasteiger partial charge on any atom is -0.480 e. The number of nitrogens with two attached hydrogens (primary N) is 1. The van der Waals surface area contributed by atoms with E-state index >= 15 is 0 Å². The second-order valence-electron chi connectivity index (χ2n) is 4.65. The summed E-state index contributed by atoms with van der Waals surface area (Å²) in [6, 6.07) is 5.03. The first kappa shape index (κ1) is 16.5. The molecule has 1 rings (SSSR count). The van der Waals surface area contributed by atoms with Crippen LogP contribution in [-0.2, 0) is 9.59 Å². The number of carboxylic acids is 1. The summed E-state index contributed by atoms with van der Waals surface area (Å²) in [4.78, 5) is 22.3. The van der Waals surface area contributed by atoms with Gasteiger partial charge in [-0.05, 0) is 43.2 Å². The molecule has 0 saturated heterocycles. The van der Waals surface area contributed by atoms with E-state index in [1.807, 2.05) is 32.0 Å². The Balaban J connectivity index is 2.34. The van der Waals surface area contributed by atoms with Crippen molar-refractivity contribution in [2.45, 2.75) is 26.3 Å². The maximum absolute atomic E-state index is 11.8. The number of anilines is 1. The predicted molar refractivity (Wildman–Crippen MR) is 82.1 cm³/mol. The number of rotatable bonds is 7. The van der Waals surface area contributed by atoms with Crippen molar-refractivity contribution in [1.82, 2.24) is 0 Å². The number of amides is 1. The fraction of sp³-hybridized carbons (Fsp3) is 0.429. The number of nitrogens with one attached hydrogen (secondary N) is 1. The van der Waals surface area contributed by atoms with Crippen molar-refractivity contribution in [3.05, 3.63) is 29.3 Å². The van der Waals surface area contributed by atoms with Crippen LogP contribution in [0.4, 0.5) is 5.69 Å². The number of thioether (sulfide) groups is 1. The van der Waals surface area contributed by atoms with E-state index in [1.165, 1.54) is 11.8 Å². The maximum atomic E-state index is 11.8. The molecule has 0 heterocycles. The highest BCUT2D eigenvalue weighted by Gasteiger charge is 2.11. The second-order valence-corrected chi connectivity index (χ2v) is 5.76. The van der Waals surface area contributed by atoms with Crippen LogP contribution in [0.1, 0.15) is 17.5 Å². The Bertz CT molecular complexity index is 491. The third-order valence-corrected chi connectivity index (χ3v) is 3.78. The number of benzene rings is 1. The third-order valence-electron chi connectivity index (χ3n) is 2.79. The van der Waals surface area contributed by atoms with Crippen molar-refractivity contribution in [3.63, 3.8) is 0 Å². The van der Waals surface area contributed by atoms with E-state index in [4.69, 9.17) is 10.8 Å². The van der Waals surface area contributed by atoms with Gasteiger partial charge in [-0.25, -0.2) is 0 Å². The number of carbonyl (C=O) groups excluding carboxylic acids is 1. The SMILES string of the molecule is Cc1ccc(C)c(NC(=O)CSCCC(N)C(=O)O)c1. The molecule has 20 heavy (non-hydrogen) atoms. The molecule has 1 amide bonds. The van der Waals surface area contributed by atoms with Gasteiger partial charge in [-0.1, -0.05) is 12.1 Å². The van der Waals surface area contributed by atoms with Crippen LogP contribution in [0.15, 0.2) is 18.2 Å². The molecule has 0 fully saturated rings. The van der Waals surface area contributed by atoms with Crippen LogP contribution < -0.4 is 11.1 Å². The summed E-state index contributed by atoms with van der Waals surface area (Å²) in [5, 5.41) is 11.5. The fourth-order valence-corrected chi connectivity index (χ4v) is 2.38. The predicted octanol–water partition coefficient (Wildman–Crippen LogP) is 1.78. The molecule has 0 bridgehead atoms. The van der Waals surface area contributed by atoms with Crippen molar-refractivity contribution in [1.29, 1.82) is 0 Å². The molecule has 0 aliphatic carbocycles. The lowest BCUT2D eigenvalue weighted by molar-refractivity contribution is -0.138. The minimum absolute atomic E-state index is 0.0902. The van der Waals surface area contributed by atoms with Crippen LogP contribution in [0.5, 0.6) is 0 Å². The van der Waals surface area contributed by atoms with Crippen LogP contribution in [0.2, 0.25) is 0 Å². The Kier molecular flexibility index (Phi) is 6.54. The van der Waals surface area contributed by atoms with Crippen LogP contribution >= 0.6 is 11.8 Å². The fourth-order valence-electron chi connectivity index (χ4n) is 1.56. The lowest BCUT2D eigenvalue weighted by Crippen LogP contribution is -2.30. The zero-order chi connectivity index (χ0) is 15.1. The average molecular weight is 296 g/mol. The topological polar surface area (TPSA) is 92.4 Å². The van der Waals surface area contributed by atoms with Gasteiger partial charge in [0.25, 0.3) is 0 Å². The van der Waals surface area contributed by atoms with Crippen molar-refractivity contribution < 1.29 is 14.7 Å². The van der Waals surface area contributed by atoms with E-state index < -0.39 is 12.0 Å². The first-order chi connectivity index (χ1) is 9.40. The number of hydrogen-bond donors (Lipinski definition) is 3. The molecule has 0 radical (unpaired) electrons. The van der Waals surface area contributed by atoms with Crippen molar-refractivity contribution >= 4 is 29.3 Å². The molecule has 1 atom stereocenters. The van der Waals surface area contributed by atoms with E-state index in [2.05, 4.69) is 5.32 Å². The molecule has 6 heteroatoms. The van der Waals surface area contributed by atoms with E-state index in [1.54, 1.807) is 0 Å². The minimum atomic E-state index is -1.01. The molecule has 1 aromatic rings. The zero-order valence-electron chi connectivity index (χ0n) is 11.7. The summed E-state index contributed by atoms with van der Waals surface area (Å²) < 4.78 is 0. The average Bonchev–Trinajstić information content (AvgIpc) is 2.38. The summed E-state index contributed by atoms with van der Waals surface area (Å²) in [5.74, 6) is -0.258. The molecule has 1 unspecified atom stereocenters. The van der Waals surface area contributed by atoms with E-state index in [-0.39, 0.29) is 5.91 Å². The molecule has 0 spiro atoms. The van der Waals surface area contributed by atoms with E-state index in [0.717, 1.165) is 16.8 Å². The Hall–Kier alpha value is -1.53. The van der Waals surface area contributed by atoms with Gasteiger partial charge in [0.1, 0.15) is 6.04 Å². The Morgan fingerprint density at radius 1 is 1.40 bits per heavy atom. The van der Waals surface area contributed by atoms with Gasteiger partial charge in [0.05, 0.1) is 5.75 Å². The lowest BCUT2D eigenvalue weighted by atomic mass is 10.1. The number of aryl methyl sites for hydroxylation is 2. The Morgan fingerprint density at radius 2 is 2.10 bits per heavy atom. The highest BCUT2D eigenvalue weighted by Crippen LogP contribution is 2.16. The monoisotopic (exact) mass is 296 g/mol. The number of carbonyl (C=O) groups is 2. The molecule has 0 aliphatic heterocycles. The van der Waals surface area contributed by atoms with Crippen molar-refractivity contribution in [3.8, 4) is 0 Å². The van der Waals surface area contributed by atoms with Gasteiger partial charge in [0.2, 0.25) is 5.91 Å². The molecule has 0 aromatic heterocycles. The first-order valence-electron chi connectivity index (χ1n) is 6.33. The van der Waals surface area contributed by atoms with Crippen LogP contribution in [0, 0.1) is 13.8 Å². The molecule has 0 saturated carbocycles. The standard InChI is InChI=1S/C14H20N2O3S/c1-9-3-4-10(2)12(7-9)16-13(17)8-20-6-5-11(15)14(18)19/h3-4,7,11H,5-6,8,15H2,1-2H3,(H,16,17)(H,18,19). The number of carboxylic acid groups (broad SMARTS) is 1. The molecular weight excluding hydrogens is 276 g/mol. The zero-order valence-corrected chi connectivity index (χ0v) is 12.5. The number of aliphatic carboxylic acids is 1. The Labute approximate surface area is 122 Å². The van der Waals surface area contributed by atoms with E-state index in [0.29, 0.717) is 17.9 Å². The normalized spacial score (nSPS) is 11.9. The lowest BCUT2D eigenvalue weighted by Gasteiger charge is -2.09. The van der Waals surface area contributed by atoms with Gasteiger partial charge in [-0.2, -0.15) is 11.8 Å². The summed E-state index contributed by atoms with van der Waals surface area (Å²) >= 11 is 1.38. The molecular formula is C14H20N2O3S. The van der Waals surface area contributed by atoms with Crippen molar-refractivity contribution in [2.24, 2.45) is 5.73 Å². The van der Waals surface area contributed by atoms with Crippen molar-refractivity contribution in [2.75, 3.05) is 16.8 Å². The molecule has 4 N–H and O–H groups in total. The highest BCUT2D eigenvalue weighted by molar-refractivity contribution is 7.99. The summed E-state index contributed by atoms with van der Waals surface area (Å²) in [6.45, 7) is 3.91. The molecule has 1 aromatic carbocycles. The summed E-state index contributed by atoms with van der Waals surface area (Å²) in [5.41, 5.74) is 8.30. The first-order valence-corrected chi connectivity index (χ1v) is 7.49. The quantitative estimate of drug-likeness (QED) is 0.667. The maximum Gasteiger partial charge on any atom is 0.320 e. The molecule has 0 aliphatic rings. The molecule has 110 valence electrons. The van der Waals surface area contributed by atoms with Crippen LogP contribution in [0.3, 0.4) is 0 Å². The third kappa shape index (κ3) is 5.63. The second kappa shape index (κ2) is 7.91. The van der Waals surface area contributed by atoms with E-state index in [9.17, 15) is 9.59 Å². The van der Waals surface area contributed by atoms with Gasteiger partial charge in [0.15, 0.2) is 0 Å². The van der Waals surface area contributed by atoms with Crippen LogP contribution in [-0.4, -0.2) is 34.5 Å².